The topological polar surface area (TPSA) is 125 Å². The number of hydrogen-bond donors (Lipinski definition) is 1. The first-order valence-corrected chi connectivity index (χ1v) is 8.77. The fourth-order valence-corrected chi connectivity index (χ4v) is 2.36. The summed E-state index contributed by atoms with van der Waals surface area (Å²) < 4.78 is 9.91. The van der Waals surface area contributed by atoms with E-state index in [1.165, 1.54) is 30.3 Å². The Morgan fingerprint density at radius 1 is 1.10 bits per heavy atom. The van der Waals surface area contributed by atoms with Crippen LogP contribution in [0.1, 0.15) is 34.6 Å². The lowest BCUT2D eigenvalue weighted by Crippen LogP contribution is -2.21. The number of halogens is 1. The number of anilines is 1. The molecule has 29 heavy (non-hydrogen) atoms. The minimum Gasteiger partial charge on any atom is -0.459 e. The highest BCUT2D eigenvalue weighted by Crippen LogP contribution is 2.22. The largest absolute Gasteiger partial charge is 0.459 e. The first kappa shape index (κ1) is 21.8. The third-order valence-corrected chi connectivity index (χ3v) is 3.79. The van der Waals surface area contributed by atoms with Gasteiger partial charge in [0.2, 0.25) is 0 Å². The van der Waals surface area contributed by atoms with Crippen molar-refractivity contribution in [2.24, 2.45) is 0 Å². The van der Waals surface area contributed by atoms with E-state index in [0.29, 0.717) is 11.3 Å². The van der Waals surface area contributed by atoms with Crippen LogP contribution in [0.25, 0.3) is 0 Å². The molecule has 0 saturated heterocycles. The standard InChI is InChI=1S/C19H17ClN2O7/c1-11(2)29-18(24)12-3-5-13(6-4-12)21-17(23)10-28-19(25)15-9-14(22(26)27)7-8-16(15)20/h3-9,11H,10H2,1-2H3,(H,21,23). The zero-order chi connectivity index (χ0) is 21.6. The summed E-state index contributed by atoms with van der Waals surface area (Å²) in [5, 5.41) is 13.2. The second-order valence-corrected chi connectivity index (χ2v) is 6.48. The van der Waals surface area contributed by atoms with Crippen LogP contribution in [-0.2, 0) is 14.3 Å². The summed E-state index contributed by atoms with van der Waals surface area (Å²) in [7, 11) is 0. The summed E-state index contributed by atoms with van der Waals surface area (Å²) in [5.74, 6) is -2.10. The van der Waals surface area contributed by atoms with Crippen LogP contribution in [-0.4, -0.2) is 35.5 Å². The third kappa shape index (κ3) is 6.28. The lowest BCUT2D eigenvalue weighted by Gasteiger charge is -2.09. The average molecular weight is 421 g/mol. The van der Waals surface area contributed by atoms with Crippen LogP contribution in [0.15, 0.2) is 42.5 Å². The summed E-state index contributed by atoms with van der Waals surface area (Å²) in [5.41, 5.74) is 0.146. The Balaban J connectivity index is 1.93. The van der Waals surface area contributed by atoms with Gasteiger partial charge in [-0.2, -0.15) is 0 Å². The Labute approximate surface area is 170 Å². The maximum atomic E-state index is 12.0. The number of non-ortho nitro benzene ring substituents is 1. The molecule has 1 N–H and O–H groups in total. The second-order valence-electron chi connectivity index (χ2n) is 6.08. The van der Waals surface area contributed by atoms with Gasteiger partial charge in [0, 0.05) is 17.8 Å². The summed E-state index contributed by atoms with van der Waals surface area (Å²) in [6.07, 6.45) is -0.254. The molecule has 0 bridgehead atoms. The molecule has 0 aromatic heterocycles. The molecule has 2 rings (SSSR count). The molecule has 0 atom stereocenters. The highest BCUT2D eigenvalue weighted by Gasteiger charge is 2.18. The van der Waals surface area contributed by atoms with Crippen LogP contribution in [0.5, 0.6) is 0 Å². The van der Waals surface area contributed by atoms with Gasteiger partial charge >= 0.3 is 11.9 Å². The molecule has 0 radical (unpaired) electrons. The van der Waals surface area contributed by atoms with Gasteiger partial charge in [0.05, 0.1) is 27.2 Å². The zero-order valence-electron chi connectivity index (χ0n) is 15.5. The number of benzene rings is 2. The molecule has 0 unspecified atom stereocenters. The lowest BCUT2D eigenvalue weighted by atomic mass is 10.2. The van der Waals surface area contributed by atoms with Crippen molar-refractivity contribution < 1.29 is 28.8 Å². The lowest BCUT2D eigenvalue weighted by molar-refractivity contribution is -0.384. The van der Waals surface area contributed by atoms with E-state index in [9.17, 15) is 24.5 Å². The van der Waals surface area contributed by atoms with Crippen LogP contribution < -0.4 is 5.32 Å². The molecule has 0 aliphatic carbocycles. The number of nitro benzene ring substituents is 1. The predicted molar refractivity (Wildman–Crippen MR) is 104 cm³/mol. The van der Waals surface area contributed by atoms with E-state index < -0.39 is 29.4 Å². The van der Waals surface area contributed by atoms with Crippen LogP contribution in [0.3, 0.4) is 0 Å². The Hall–Kier alpha value is -3.46. The maximum absolute atomic E-state index is 12.0. The van der Waals surface area contributed by atoms with Crippen molar-refractivity contribution in [3.63, 3.8) is 0 Å². The molecule has 0 saturated carbocycles. The van der Waals surface area contributed by atoms with Gasteiger partial charge in [-0.3, -0.25) is 14.9 Å². The number of nitrogens with zero attached hydrogens (tertiary/aromatic N) is 1. The number of rotatable bonds is 7. The number of carbonyl (C=O) groups is 3. The Morgan fingerprint density at radius 2 is 1.76 bits per heavy atom. The van der Waals surface area contributed by atoms with E-state index in [1.54, 1.807) is 13.8 Å². The van der Waals surface area contributed by atoms with E-state index in [0.717, 1.165) is 12.1 Å². The molecule has 0 aliphatic rings. The Bertz CT molecular complexity index is 942. The third-order valence-electron chi connectivity index (χ3n) is 3.46. The number of esters is 2. The number of ether oxygens (including phenoxy) is 2. The van der Waals surface area contributed by atoms with Crippen molar-refractivity contribution >= 4 is 40.8 Å². The smallest absolute Gasteiger partial charge is 0.340 e. The van der Waals surface area contributed by atoms with Crippen molar-refractivity contribution in [1.82, 2.24) is 0 Å². The summed E-state index contributed by atoms with van der Waals surface area (Å²) in [4.78, 5) is 45.9. The highest BCUT2D eigenvalue weighted by molar-refractivity contribution is 6.33. The summed E-state index contributed by atoms with van der Waals surface area (Å²) in [6.45, 7) is 2.83. The van der Waals surface area contributed by atoms with Gasteiger partial charge in [0.1, 0.15) is 0 Å². The number of nitro groups is 1. The van der Waals surface area contributed by atoms with Crippen LogP contribution >= 0.6 is 11.6 Å². The number of amides is 1. The molecule has 0 aliphatic heterocycles. The fraction of sp³-hybridized carbons (Fsp3) is 0.211. The SMILES string of the molecule is CC(C)OC(=O)c1ccc(NC(=O)COC(=O)c2cc([N+](=O)[O-])ccc2Cl)cc1. The van der Waals surface area contributed by atoms with Gasteiger partial charge in [0.15, 0.2) is 6.61 Å². The van der Waals surface area contributed by atoms with Crippen LogP contribution in [0, 0.1) is 10.1 Å². The van der Waals surface area contributed by atoms with Crippen molar-refractivity contribution in [2.75, 3.05) is 11.9 Å². The molecule has 2 aromatic carbocycles. The Kier molecular flexibility index (Phi) is 7.27. The zero-order valence-corrected chi connectivity index (χ0v) is 16.3. The predicted octanol–water partition coefficient (Wildman–Crippen LogP) is 3.61. The van der Waals surface area contributed by atoms with Crippen molar-refractivity contribution in [3.8, 4) is 0 Å². The molecule has 0 fully saturated rings. The highest BCUT2D eigenvalue weighted by atomic mass is 35.5. The van der Waals surface area contributed by atoms with E-state index in [2.05, 4.69) is 5.32 Å². The van der Waals surface area contributed by atoms with E-state index in [4.69, 9.17) is 21.1 Å². The van der Waals surface area contributed by atoms with Gasteiger partial charge in [-0.1, -0.05) is 11.6 Å². The number of carbonyl (C=O) groups excluding carboxylic acids is 3. The molecular formula is C19H17ClN2O7. The Morgan fingerprint density at radius 3 is 2.34 bits per heavy atom. The average Bonchev–Trinajstić information content (AvgIpc) is 2.66. The van der Waals surface area contributed by atoms with Gasteiger partial charge in [-0.25, -0.2) is 9.59 Å². The van der Waals surface area contributed by atoms with E-state index >= 15 is 0 Å². The quantitative estimate of drug-likeness (QED) is 0.412. The molecule has 0 spiro atoms. The van der Waals surface area contributed by atoms with E-state index in [-0.39, 0.29) is 22.4 Å². The normalized spacial score (nSPS) is 10.3. The molecule has 9 nitrogen and oxygen atoms in total. The van der Waals surface area contributed by atoms with E-state index in [1.807, 2.05) is 0 Å². The molecule has 0 heterocycles. The molecule has 2 aromatic rings. The van der Waals surface area contributed by atoms with Crippen molar-refractivity contribution in [2.45, 2.75) is 20.0 Å². The van der Waals surface area contributed by atoms with Gasteiger partial charge < -0.3 is 14.8 Å². The van der Waals surface area contributed by atoms with Crippen LogP contribution in [0.4, 0.5) is 11.4 Å². The van der Waals surface area contributed by atoms with Gasteiger partial charge in [-0.15, -0.1) is 0 Å². The van der Waals surface area contributed by atoms with Crippen LogP contribution in [0.2, 0.25) is 5.02 Å². The number of hydrogen-bond acceptors (Lipinski definition) is 7. The molecule has 10 heteroatoms. The van der Waals surface area contributed by atoms with Crippen molar-refractivity contribution in [1.29, 1.82) is 0 Å². The first-order valence-electron chi connectivity index (χ1n) is 8.39. The molecule has 1 amide bonds. The van der Waals surface area contributed by atoms with Gasteiger partial charge in [-0.05, 0) is 44.2 Å². The minimum absolute atomic E-state index is 0.0371. The first-order chi connectivity index (χ1) is 13.7. The van der Waals surface area contributed by atoms with Gasteiger partial charge in [0.25, 0.3) is 11.6 Å². The fourth-order valence-electron chi connectivity index (χ4n) is 2.16. The molecular weight excluding hydrogens is 404 g/mol. The number of nitrogens with one attached hydrogen (secondary N) is 1. The minimum atomic E-state index is -0.972. The maximum Gasteiger partial charge on any atom is 0.340 e. The second kappa shape index (κ2) is 9.65. The van der Waals surface area contributed by atoms with Crippen molar-refractivity contribution in [3.05, 3.63) is 68.7 Å². The summed E-state index contributed by atoms with van der Waals surface area (Å²) >= 11 is 5.85. The summed E-state index contributed by atoms with van der Waals surface area (Å²) in [6, 6.07) is 9.26. The monoisotopic (exact) mass is 420 g/mol. The molecule has 152 valence electrons.